The Morgan fingerprint density at radius 1 is 1.00 bits per heavy atom. The summed E-state index contributed by atoms with van der Waals surface area (Å²) in [4.78, 5) is 11.2. The summed E-state index contributed by atoms with van der Waals surface area (Å²) in [6.45, 7) is 0. The normalized spacial score (nSPS) is 22.2. The molecule has 0 aliphatic carbocycles. The van der Waals surface area contributed by atoms with Crippen LogP contribution in [0.1, 0.15) is 11.1 Å². The number of anilines is 1. The van der Waals surface area contributed by atoms with Crippen molar-refractivity contribution in [3.05, 3.63) is 65.7 Å². The molecule has 0 saturated carbocycles. The van der Waals surface area contributed by atoms with Crippen LogP contribution in [0.25, 0.3) is 0 Å². The van der Waals surface area contributed by atoms with E-state index in [0.29, 0.717) is 6.42 Å². The van der Waals surface area contributed by atoms with E-state index < -0.39 is 4.87 Å². The van der Waals surface area contributed by atoms with Crippen molar-refractivity contribution >= 4 is 23.2 Å². The van der Waals surface area contributed by atoms with Crippen molar-refractivity contribution in [2.24, 2.45) is 0 Å². The highest BCUT2D eigenvalue weighted by atomic mass is 35.5. The van der Waals surface area contributed by atoms with E-state index in [4.69, 9.17) is 11.6 Å². The van der Waals surface area contributed by atoms with Crippen molar-refractivity contribution in [3.8, 4) is 0 Å². The number of hydrogen-bond acceptors (Lipinski definition) is 1. The number of carbonyl (C=O) groups is 1. The standard InChI is InChI=1S/C15H12ClNO/c16-15(12-7-2-1-3-8-12)10-11-6-4-5-9-13(11)17-14(15)18/h1-9H,10H2,(H,17,18). The van der Waals surface area contributed by atoms with Gasteiger partial charge < -0.3 is 5.32 Å². The van der Waals surface area contributed by atoms with Gasteiger partial charge in [-0.3, -0.25) is 4.79 Å². The molecular weight excluding hydrogens is 246 g/mol. The van der Waals surface area contributed by atoms with Crippen LogP contribution in [0.5, 0.6) is 0 Å². The Balaban J connectivity index is 2.07. The smallest absolute Gasteiger partial charge is 0.250 e. The molecule has 0 radical (unpaired) electrons. The van der Waals surface area contributed by atoms with Crippen LogP contribution in [0.15, 0.2) is 54.6 Å². The molecule has 1 aliphatic heterocycles. The summed E-state index contributed by atoms with van der Waals surface area (Å²) in [5.74, 6) is -0.158. The zero-order chi connectivity index (χ0) is 12.6. The predicted molar refractivity (Wildman–Crippen MR) is 72.7 cm³/mol. The SMILES string of the molecule is O=C1Nc2ccccc2CC1(Cl)c1ccccc1. The molecule has 3 rings (SSSR count). The summed E-state index contributed by atoms with van der Waals surface area (Å²) in [5, 5.41) is 2.88. The molecule has 1 unspecified atom stereocenters. The van der Waals surface area contributed by atoms with Crippen LogP contribution in [-0.4, -0.2) is 5.91 Å². The van der Waals surface area contributed by atoms with Crippen molar-refractivity contribution < 1.29 is 4.79 Å². The average Bonchev–Trinajstić information content (AvgIpc) is 2.41. The second-order valence-electron chi connectivity index (χ2n) is 4.46. The van der Waals surface area contributed by atoms with E-state index in [0.717, 1.165) is 16.8 Å². The van der Waals surface area contributed by atoms with Gasteiger partial charge in [-0.1, -0.05) is 48.5 Å². The number of alkyl halides is 1. The summed E-state index contributed by atoms with van der Waals surface area (Å²) >= 11 is 6.57. The highest BCUT2D eigenvalue weighted by Gasteiger charge is 2.41. The van der Waals surface area contributed by atoms with E-state index in [-0.39, 0.29) is 5.91 Å². The second kappa shape index (κ2) is 4.14. The maximum atomic E-state index is 12.2. The molecule has 2 aromatic carbocycles. The fraction of sp³-hybridized carbons (Fsp3) is 0.133. The van der Waals surface area contributed by atoms with Crippen LogP contribution >= 0.6 is 11.6 Å². The van der Waals surface area contributed by atoms with Gasteiger partial charge in [-0.2, -0.15) is 0 Å². The fourth-order valence-electron chi connectivity index (χ4n) is 2.30. The van der Waals surface area contributed by atoms with Gasteiger partial charge in [0, 0.05) is 12.1 Å². The highest BCUT2D eigenvalue weighted by Crippen LogP contribution is 2.39. The topological polar surface area (TPSA) is 29.1 Å². The first kappa shape index (κ1) is 11.3. The van der Waals surface area contributed by atoms with Crippen LogP contribution < -0.4 is 5.32 Å². The Bertz CT molecular complexity index is 596. The first-order valence-electron chi connectivity index (χ1n) is 5.84. The number of halogens is 1. The van der Waals surface area contributed by atoms with E-state index in [2.05, 4.69) is 5.32 Å². The van der Waals surface area contributed by atoms with Gasteiger partial charge >= 0.3 is 0 Å². The first-order valence-corrected chi connectivity index (χ1v) is 6.22. The molecule has 1 heterocycles. The Kier molecular flexibility index (Phi) is 2.60. The third kappa shape index (κ3) is 1.70. The third-order valence-corrected chi connectivity index (χ3v) is 3.81. The number of hydrogen-bond donors (Lipinski definition) is 1. The summed E-state index contributed by atoms with van der Waals surface area (Å²) < 4.78 is 0. The molecule has 3 heteroatoms. The molecule has 18 heavy (non-hydrogen) atoms. The zero-order valence-corrected chi connectivity index (χ0v) is 10.4. The molecule has 90 valence electrons. The summed E-state index contributed by atoms with van der Waals surface area (Å²) in [5.41, 5.74) is 2.75. The molecule has 2 nitrogen and oxygen atoms in total. The van der Waals surface area contributed by atoms with Gasteiger partial charge in [0.25, 0.3) is 0 Å². The van der Waals surface area contributed by atoms with Crippen molar-refractivity contribution in [2.45, 2.75) is 11.3 Å². The fourth-order valence-corrected chi connectivity index (χ4v) is 2.61. The van der Waals surface area contributed by atoms with Gasteiger partial charge in [0.05, 0.1) is 0 Å². The molecule has 0 fully saturated rings. The predicted octanol–water partition coefficient (Wildman–Crippen LogP) is 3.32. The zero-order valence-electron chi connectivity index (χ0n) is 9.69. The van der Waals surface area contributed by atoms with E-state index >= 15 is 0 Å². The quantitative estimate of drug-likeness (QED) is 0.781. The molecule has 2 aromatic rings. The Hall–Kier alpha value is -1.80. The number of nitrogens with one attached hydrogen (secondary N) is 1. The largest absolute Gasteiger partial charge is 0.324 e. The van der Waals surface area contributed by atoms with Crippen molar-refractivity contribution in [1.82, 2.24) is 0 Å². The minimum Gasteiger partial charge on any atom is -0.324 e. The lowest BCUT2D eigenvalue weighted by Crippen LogP contribution is -2.41. The second-order valence-corrected chi connectivity index (χ2v) is 5.10. The number of fused-ring (bicyclic) bond motifs is 1. The Labute approximate surface area is 111 Å². The van der Waals surface area contributed by atoms with E-state index in [1.54, 1.807) is 0 Å². The average molecular weight is 258 g/mol. The Morgan fingerprint density at radius 3 is 2.44 bits per heavy atom. The molecule has 1 amide bonds. The number of benzene rings is 2. The summed E-state index contributed by atoms with van der Waals surface area (Å²) in [6, 6.07) is 17.2. The molecule has 1 aliphatic rings. The van der Waals surface area contributed by atoms with Crippen LogP contribution in [0.2, 0.25) is 0 Å². The van der Waals surface area contributed by atoms with E-state index in [9.17, 15) is 4.79 Å². The molecular formula is C15H12ClNO. The van der Waals surface area contributed by atoms with E-state index in [1.165, 1.54) is 0 Å². The molecule has 1 atom stereocenters. The van der Waals surface area contributed by atoms with Crippen LogP contribution in [0, 0.1) is 0 Å². The molecule has 0 bridgehead atoms. The van der Waals surface area contributed by atoms with Gasteiger partial charge in [0.1, 0.15) is 0 Å². The number of rotatable bonds is 1. The summed E-state index contributed by atoms with van der Waals surface area (Å²) in [6.07, 6.45) is 0.514. The van der Waals surface area contributed by atoms with Gasteiger partial charge in [-0.05, 0) is 17.2 Å². The number of carbonyl (C=O) groups excluding carboxylic acids is 1. The van der Waals surface area contributed by atoms with Crippen LogP contribution in [-0.2, 0) is 16.1 Å². The first-order chi connectivity index (χ1) is 8.70. The lowest BCUT2D eigenvalue weighted by atomic mass is 9.86. The Morgan fingerprint density at radius 2 is 1.67 bits per heavy atom. The molecule has 1 N–H and O–H groups in total. The minimum absolute atomic E-state index is 0.158. The lowest BCUT2D eigenvalue weighted by Gasteiger charge is -2.32. The third-order valence-electron chi connectivity index (χ3n) is 3.29. The minimum atomic E-state index is -1.00. The lowest BCUT2D eigenvalue weighted by molar-refractivity contribution is -0.119. The maximum Gasteiger partial charge on any atom is 0.250 e. The maximum absolute atomic E-state index is 12.2. The number of para-hydroxylation sites is 1. The van der Waals surface area contributed by atoms with E-state index in [1.807, 2.05) is 54.6 Å². The van der Waals surface area contributed by atoms with Gasteiger partial charge in [-0.15, -0.1) is 11.6 Å². The van der Waals surface area contributed by atoms with Gasteiger partial charge in [-0.25, -0.2) is 0 Å². The van der Waals surface area contributed by atoms with Crippen molar-refractivity contribution in [1.29, 1.82) is 0 Å². The van der Waals surface area contributed by atoms with Crippen LogP contribution in [0.4, 0.5) is 5.69 Å². The van der Waals surface area contributed by atoms with Gasteiger partial charge in [0.15, 0.2) is 4.87 Å². The summed E-state index contributed by atoms with van der Waals surface area (Å²) in [7, 11) is 0. The van der Waals surface area contributed by atoms with Crippen molar-refractivity contribution in [3.63, 3.8) is 0 Å². The molecule has 0 aromatic heterocycles. The highest BCUT2D eigenvalue weighted by molar-refractivity contribution is 6.37. The monoisotopic (exact) mass is 257 g/mol. The van der Waals surface area contributed by atoms with Gasteiger partial charge in [0.2, 0.25) is 5.91 Å². The number of amides is 1. The molecule has 0 spiro atoms. The van der Waals surface area contributed by atoms with Crippen LogP contribution in [0.3, 0.4) is 0 Å². The van der Waals surface area contributed by atoms with Crippen molar-refractivity contribution in [2.75, 3.05) is 5.32 Å². The molecule has 0 saturated heterocycles.